The molecule has 1 heterocycles. The van der Waals surface area contributed by atoms with Crippen LogP contribution in [0.1, 0.15) is 12.7 Å². The van der Waals surface area contributed by atoms with Gasteiger partial charge in [0.2, 0.25) is 0 Å². The number of halogens is 2. The molecule has 0 fully saturated rings. The van der Waals surface area contributed by atoms with Gasteiger partial charge in [-0.2, -0.15) is 8.78 Å². The standard InChI is InChI=1S/C6H7BF2N2O3/c1-6(8,9)5-10-2-4(3-11-5)14-7(12)13/h2-3,12-13H,1H3. The van der Waals surface area contributed by atoms with Crippen LogP contribution in [0.2, 0.25) is 0 Å². The van der Waals surface area contributed by atoms with Crippen molar-refractivity contribution in [2.45, 2.75) is 12.8 Å². The van der Waals surface area contributed by atoms with Gasteiger partial charge in [-0.05, 0) is 0 Å². The molecule has 5 nitrogen and oxygen atoms in total. The molecule has 0 bridgehead atoms. The highest BCUT2D eigenvalue weighted by Gasteiger charge is 2.28. The summed E-state index contributed by atoms with van der Waals surface area (Å²) in [6.45, 7) is 0.657. The summed E-state index contributed by atoms with van der Waals surface area (Å²) in [6, 6.07) is 0. The molecule has 0 atom stereocenters. The fraction of sp³-hybridized carbons (Fsp3) is 0.333. The van der Waals surface area contributed by atoms with E-state index in [1.54, 1.807) is 0 Å². The Bertz CT molecular complexity index is 301. The molecule has 0 unspecified atom stereocenters. The van der Waals surface area contributed by atoms with Crippen LogP contribution in [0, 0.1) is 0 Å². The van der Waals surface area contributed by atoms with Gasteiger partial charge in [0.05, 0.1) is 12.4 Å². The minimum absolute atomic E-state index is 0.104. The highest BCUT2D eigenvalue weighted by Crippen LogP contribution is 2.23. The van der Waals surface area contributed by atoms with E-state index in [1.807, 2.05) is 0 Å². The predicted octanol–water partition coefficient (Wildman–Crippen LogP) is -0.0634. The second-order valence-electron chi connectivity index (χ2n) is 2.57. The van der Waals surface area contributed by atoms with Crippen molar-refractivity contribution in [3.8, 4) is 5.75 Å². The molecule has 1 rings (SSSR count). The third-order valence-corrected chi connectivity index (χ3v) is 1.26. The van der Waals surface area contributed by atoms with Crippen molar-refractivity contribution in [3.63, 3.8) is 0 Å². The summed E-state index contributed by atoms with van der Waals surface area (Å²) >= 11 is 0. The number of hydrogen-bond donors (Lipinski definition) is 2. The molecular weight excluding hydrogens is 197 g/mol. The van der Waals surface area contributed by atoms with Crippen molar-refractivity contribution in [1.29, 1.82) is 0 Å². The Hall–Kier alpha value is -1.28. The number of rotatable bonds is 3. The smallest absolute Gasteiger partial charge is 0.509 e. The number of nitrogens with zero attached hydrogens (tertiary/aromatic N) is 2. The SMILES string of the molecule is CC(F)(F)c1ncc(OB(O)O)cn1. The summed E-state index contributed by atoms with van der Waals surface area (Å²) in [5, 5.41) is 16.7. The van der Waals surface area contributed by atoms with Gasteiger partial charge >= 0.3 is 13.2 Å². The van der Waals surface area contributed by atoms with E-state index in [0.29, 0.717) is 6.92 Å². The van der Waals surface area contributed by atoms with Crippen LogP contribution in [-0.4, -0.2) is 27.3 Å². The molecule has 0 radical (unpaired) electrons. The Morgan fingerprint density at radius 2 is 1.86 bits per heavy atom. The molecule has 0 aliphatic heterocycles. The lowest BCUT2D eigenvalue weighted by atomic mass is 10.2. The Kier molecular flexibility index (Phi) is 2.97. The fourth-order valence-corrected chi connectivity index (χ4v) is 0.725. The van der Waals surface area contributed by atoms with Gasteiger partial charge in [0, 0.05) is 6.92 Å². The average molecular weight is 204 g/mol. The molecule has 0 saturated carbocycles. The van der Waals surface area contributed by atoms with Crippen LogP contribution in [0.25, 0.3) is 0 Å². The monoisotopic (exact) mass is 204 g/mol. The Morgan fingerprint density at radius 1 is 1.36 bits per heavy atom. The predicted molar refractivity (Wildman–Crippen MR) is 42.4 cm³/mol. The summed E-state index contributed by atoms with van der Waals surface area (Å²) in [5.74, 6) is -3.89. The number of aromatic nitrogens is 2. The average Bonchev–Trinajstić information content (AvgIpc) is 2.02. The summed E-state index contributed by atoms with van der Waals surface area (Å²) in [7, 11) is -2.02. The molecule has 1 aromatic rings. The second-order valence-corrected chi connectivity index (χ2v) is 2.57. The maximum atomic E-state index is 12.6. The molecule has 0 aliphatic rings. The molecule has 14 heavy (non-hydrogen) atoms. The first-order valence-corrected chi connectivity index (χ1v) is 3.63. The maximum Gasteiger partial charge on any atom is 0.707 e. The molecule has 1 aromatic heterocycles. The van der Waals surface area contributed by atoms with Gasteiger partial charge < -0.3 is 14.7 Å². The minimum Gasteiger partial charge on any atom is -0.509 e. The zero-order chi connectivity index (χ0) is 10.8. The van der Waals surface area contributed by atoms with Crippen LogP contribution in [0.4, 0.5) is 8.78 Å². The van der Waals surface area contributed by atoms with Gasteiger partial charge in [-0.25, -0.2) is 9.97 Å². The van der Waals surface area contributed by atoms with Crippen molar-refractivity contribution >= 4 is 7.32 Å². The lowest BCUT2D eigenvalue weighted by Gasteiger charge is -2.08. The van der Waals surface area contributed by atoms with E-state index in [2.05, 4.69) is 14.6 Å². The molecule has 0 spiro atoms. The summed E-state index contributed by atoms with van der Waals surface area (Å²) < 4.78 is 29.5. The molecule has 8 heteroatoms. The molecule has 76 valence electrons. The van der Waals surface area contributed by atoms with Gasteiger partial charge in [0.15, 0.2) is 5.82 Å². The van der Waals surface area contributed by atoms with Crippen LogP contribution >= 0.6 is 0 Å². The van der Waals surface area contributed by atoms with Gasteiger partial charge in [-0.15, -0.1) is 0 Å². The van der Waals surface area contributed by atoms with Crippen molar-refractivity contribution < 1.29 is 23.5 Å². The van der Waals surface area contributed by atoms with E-state index in [4.69, 9.17) is 10.0 Å². The van der Waals surface area contributed by atoms with E-state index in [9.17, 15) is 8.78 Å². The van der Waals surface area contributed by atoms with E-state index in [-0.39, 0.29) is 5.75 Å². The van der Waals surface area contributed by atoms with Crippen LogP contribution < -0.4 is 4.65 Å². The lowest BCUT2D eigenvalue weighted by Crippen LogP contribution is -2.21. The number of hydrogen-bond acceptors (Lipinski definition) is 5. The Labute approximate surface area is 78.6 Å². The summed E-state index contributed by atoms with van der Waals surface area (Å²) in [4.78, 5) is 6.59. The molecule has 0 aromatic carbocycles. The van der Waals surface area contributed by atoms with Crippen LogP contribution in [-0.2, 0) is 5.92 Å². The van der Waals surface area contributed by atoms with E-state index >= 15 is 0 Å². The molecule has 0 amide bonds. The quantitative estimate of drug-likeness (QED) is 0.674. The Morgan fingerprint density at radius 3 is 2.21 bits per heavy atom. The molecule has 0 saturated heterocycles. The van der Waals surface area contributed by atoms with Crippen molar-refractivity contribution in [3.05, 3.63) is 18.2 Å². The minimum atomic E-state index is -3.13. The molecule has 2 N–H and O–H groups in total. The van der Waals surface area contributed by atoms with Gasteiger partial charge in [-0.3, -0.25) is 0 Å². The Balaban J connectivity index is 2.79. The normalized spacial score (nSPS) is 11.2. The van der Waals surface area contributed by atoms with E-state index < -0.39 is 19.1 Å². The topological polar surface area (TPSA) is 75.5 Å². The summed E-state index contributed by atoms with van der Waals surface area (Å²) in [5.41, 5.74) is 0. The first-order valence-electron chi connectivity index (χ1n) is 3.63. The molecule has 0 aliphatic carbocycles. The van der Waals surface area contributed by atoms with Gasteiger partial charge in [0.25, 0.3) is 0 Å². The van der Waals surface area contributed by atoms with Crippen molar-refractivity contribution in [2.75, 3.05) is 0 Å². The molecular formula is C6H7BF2N2O3. The van der Waals surface area contributed by atoms with Crippen LogP contribution in [0.5, 0.6) is 5.75 Å². The van der Waals surface area contributed by atoms with Crippen molar-refractivity contribution in [2.24, 2.45) is 0 Å². The first-order chi connectivity index (χ1) is 6.39. The highest BCUT2D eigenvalue weighted by molar-refractivity contribution is 6.33. The fourth-order valence-electron chi connectivity index (χ4n) is 0.725. The maximum absolute atomic E-state index is 12.6. The van der Waals surface area contributed by atoms with Gasteiger partial charge in [0.1, 0.15) is 5.75 Å². The number of alkyl halides is 2. The zero-order valence-electron chi connectivity index (χ0n) is 7.19. The highest BCUT2D eigenvalue weighted by atomic mass is 19.3. The van der Waals surface area contributed by atoms with Crippen LogP contribution in [0.15, 0.2) is 12.4 Å². The zero-order valence-corrected chi connectivity index (χ0v) is 7.19. The lowest BCUT2D eigenvalue weighted by molar-refractivity contribution is 0.00759. The largest absolute Gasteiger partial charge is 0.707 e. The summed E-state index contributed by atoms with van der Waals surface area (Å²) in [6.07, 6.45) is 1.86. The van der Waals surface area contributed by atoms with Crippen molar-refractivity contribution in [1.82, 2.24) is 9.97 Å². The van der Waals surface area contributed by atoms with Crippen LogP contribution in [0.3, 0.4) is 0 Å². The third-order valence-electron chi connectivity index (χ3n) is 1.26. The van der Waals surface area contributed by atoms with E-state index in [0.717, 1.165) is 12.4 Å². The van der Waals surface area contributed by atoms with E-state index in [1.165, 1.54) is 0 Å². The third kappa shape index (κ3) is 2.89. The first kappa shape index (κ1) is 10.8. The van der Waals surface area contributed by atoms with Gasteiger partial charge in [-0.1, -0.05) is 0 Å². The second kappa shape index (κ2) is 3.85.